The van der Waals surface area contributed by atoms with Crippen LogP contribution in [-0.2, 0) is 9.53 Å². The predicted octanol–water partition coefficient (Wildman–Crippen LogP) is 4.10. The first kappa shape index (κ1) is 15.9. The third kappa shape index (κ3) is 4.52. The second kappa shape index (κ2) is 7.02. The van der Waals surface area contributed by atoms with Crippen molar-refractivity contribution < 1.29 is 18.7 Å². The molecule has 0 aliphatic rings. The Labute approximate surface area is 137 Å². The predicted molar refractivity (Wildman–Crippen MR) is 82.3 cm³/mol. The van der Waals surface area contributed by atoms with Crippen LogP contribution in [0.25, 0.3) is 0 Å². The summed E-state index contributed by atoms with van der Waals surface area (Å²) in [4.78, 5) is 23.7. The molecule has 2 aromatic rings. The zero-order valence-electron chi connectivity index (χ0n) is 10.4. The minimum absolute atomic E-state index is 0.0665. The SMILES string of the molecule is O=C(COC(=O)c1ccc(Br)s1)Nc1ccc(F)cc1Cl. The van der Waals surface area contributed by atoms with Gasteiger partial charge in [0.1, 0.15) is 10.7 Å². The van der Waals surface area contributed by atoms with E-state index in [2.05, 4.69) is 21.2 Å². The van der Waals surface area contributed by atoms with Crippen molar-refractivity contribution >= 4 is 56.4 Å². The van der Waals surface area contributed by atoms with Gasteiger partial charge in [-0.25, -0.2) is 9.18 Å². The van der Waals surface area contributed by atoms with E-state index in [1.165, 1.54) is 17.4 Å². The molecule has 1 amide bonds. The maximum atomic E-state index is 12.9. The second-order valence-electron chi connectivity index (χ2n) is 3.85. The highest BCUT2D eigenvalue weighted by Gasteiger charge is 2.13. The molecular formula is C13H8BrClFNO3S. The van der Waals surface area contributed by atoms with Gasteiger partial charge in [0.2, 0.25) is 0 Å². The largest absolute Gasteiger partial charge is 0.451 e. The molecule has 0 aliphatic heterocycles. The summed E-state index contributed by atoms with van der Waals surface area (Å²) in [6, 6.07) is 6.86. The van der Waals surface area contributed by atoms with E-state index in [9.17, 15) is 14.0 Å². The van der Waals surface area contributed by atoms with Crippen molar-refractivity contribution in [1.29, 1.82) is 0 Å². The van der Waals surface area contributed by atoms with Crippen molar-refractivity contribution in [2.75, 3.05) is 11.9 Å². The van der Waals surface area contributed by atoms with Crippen molar-refractivity contribution in [3.05, 3.63) is 49.8 Å². The smallest absolute Gasteiger partial charge is 0.348 e. The van der Waals surface area contributed by atoms with Crippen molar-refractivity contribution in [2.45, 2.75) is 0 Å². The quantitative estimate of drug-likeness (QED) is 0.797. The second-order valence-corrected chi connectivity index (χ2v) is 6.72. The fourth-order valence-corrected chi connectivity index (χ4v) is 2.90. The summed E-state index contributed by atoms with van der Waals surface area (Å²) in [5, 5.41) is 2.50. The summed E-state index contributed by atoms with van der Waals surface area (Å²) < 4.78 is 18.5. The number of benzene rings is 1. The van der Waals surface area contributed by atoms with Gasteiger partial charge in [0.25, 0.3) is 5.91 Å². The van der Waals surface area contributed by atoms with Crippen LogP contribution in [0.5, 0.6) is 0 Å². The van der Waals surface area contributed by atoms with E-state index in [4.69, 9.17) is 16.3 Å². The number of hydrogen-bond acceptors (Lipinski definition) is 4. The minimum Gasteiger partial charge on any atom is -0.451 e. The van der Waals surface area contributed by atoms with Gasteiger partial charge < -0.3 is 10.1 Å². The lowest BCUT2D eigenvalue weighted by atomic mass is 10.3. The van der Waals surface area contributed by atoms with Crippen molar-refractivity contribution in [3.8, 4) is 0 Å². The van der Waals surface area contributed by atoms with Crippen LogP contribution in [0, 0.1) is 5.82 Å². The Morgan fingerprint density at radius 2 is 2.10 bits per heavy atom. The highest BCUT2D eigenvalue weighted by atomic mass is 79.9. The van der Waals surface area contributed by atoms with Crippen LogP contribution in [0.3, 0.4) is 0 Å². The molecule has 0 spiro atoms. The third-order valence-electron chi connectivity index (χ3n) is 2.31. The Morgan fingerprint density at radius 3 is 2.71 bits per heavy atom. The monoisotopic (exact) mass is 391 g/mol. The van der Waals surface area contributed by atoms with E-state index in [0.717, 1.165) is 15.9 Å². The number of carbonyl (C=O) groups is 2. The third-order valence-corrected chi connectivity index (χ3v) is 4.23. The minimum atomic E-state index is -0.592. The Bertz CT molecular complexity index is 692. The first-order valence-corrected chi connectivity index (χ1v) is 7.62. The Morgan fingerprint density at radius 1 is 1.33 bits per heavy atom. The Balaban J connectivity index is 1.89. The number of thiophene rings is 1. The number of ether oxygens (including phenoxy) is 1. The maximum absolute atomic E-state index is 12.9. The maximum Gasteiger partial charge on any atom is 0.348 e. The average Bonchev–Trinajstić information content (AvgIpc) is 2.86. The zero-order valence-corrected chi connectivity index (χ0v) is 13.5. The van der Waals surface area contributed by atoms with E-state index < -0.39 is 24.3 Å². The highest BCUT2D eigenvalue weighted by molar-refractivity contribution is 9.11. The Kier molecular flexibility index (Phi) is 5.33. The molecule has 2 rings (SSSR count). The summed E-state index contributed by atoms with van der Waals surface area (Å²) in [7, 11) is 0. The molecule has 0 aliphatic carbocycles. The molecule has 21 heavy (non-hydrogen) atoms. The molecular weight excluding hydrogens is 385 g/mol. The molecule has 1 heterocycles. The van der Waals surface area contributed by atoms with Crippen LogP contribution >= 0.6 is 38.9 Å². The van der Waals surface area contributed by atoms with Gasteiger partial charge in [0.15, 0.2) is 6.61 Å². The zero-order chi connectivity index (χ0) is 15.4. The molecule has 0 fully saturated rings. The number of hydrogen-bond donors (Lipinski definition) is 1. The average molecular weight is 393 g/mol. The molecule has 8 heteroatoms. The summed E-state index contributed by atoms with van der Waals surface area (Å²) >= 11 is 10.2. The van der Waals surface area contributed by atoms with Gasteiger partial charge in [0, 0.05) is 0 Å². The number of amides is 1. The number of esters is 1. The molecule has 1 aromatic heterocycles. The molecule has 0 saturated heterocycles. The summed E-state index contributed by atoms with van der Waals surface area (Å²) in [6.07, 6.45) is 0. The molecule has 110 valence electrons. The van der Waals surface area contributed by atoms with Crippen LogP contribution < -0.4 is 5.32 Å². The van der Waals surface area contributed by atoms with Crippen molar-refractivity contribution in [1.82, 2.24) is 0 Å². The van der Waals surface area contributed by atoms with Crippen LogP contribution in [0.2, 0.25) is 5.02 Å². The van der Waals surface area contributed by atoms with Crippen LogP contribution in [-0.4, -0.2) is 18.5 Å². The van der Waals surface area contributed by atoms with Crippen molar-refractivity contribution in [2.24, 2.45) is 0 Å². The van der Waals surface area contributed by atoms with E-state index in [-0.39, 0.29) is 10.7 Å². The Hall–Kier alpha value is -1.44. The van der Waals surface area contributed by atoms with Crippen LogP contribution in [0.15, 0.2) is 34.1 Å². The normalized spacial score (nSPS) is 10.2. The molecule has 0 saturated carbocycles. The first-order chi connectivity index (χ1) is 9.95. The lowest BCUT2D eigenvalue weighted by molar-refractivity contribution is -0.119. The summed E-state index contributed by atoms with van der Waals surface area (Å²) in [5.74, 6) is -1.66. The van der Waals surface area contributed by atoms with Crippen molar-refractivity contribution in [3.63, 3.8) is 0 Å². The van der Waals surface area contributed by atoms with E-state index in [0.29, 0.717) is 4.88 Å². The molecule has 1 N–H and O–H groups in total. The molecule has 0 atom stereocenters. The molecule has 4 nitrogen and oxygen atoms in total. The lowest BCUT2D eigenvalue weighted by Gasteiger charge is -2.07. The van der Waals surface area contributed by atoms with Gasteiger partial charge in [-0.2, -0.15) is 0 Å². The van der Waals surface area contributed by atoms with Crippen LogP contribution in [0.1, 0.15) is 9.67 Å². The molecule has 1 aromatic carbocycles. The van der Waals surface area contributed by atoms with Gasteiger partial charge in [0.05, 0.1) is 14.5 Å². The van der Waals surface area contributed by atoms with Crippen LogP contribution in [0.4, 0.5) is 10.1 Å². The van der Waals surface area contributed by atoms with Gasteiger partial charge in [-0.3, -0.25) is 4.79 Å². The van der Waals surface area contributed by atoms with Gasteiger partial charge >= 0.3 is 5.97 Å². The van der Waals surface area contributed by atoms with Gasteiger partial charge in [-0.1, -0.05) is 11.6 Å². The fourth-order valence-electron chi connectivity index (χ4n) is 1.40. The van der Waals surface area contributed by atoms with E-state index >= 15 is 0 Å². The molecule has 0 bridgehead atoms. The number of halogens is 3. The standard InChI is InChI=1S/C13H8BrClFNO3S/c14-11-4-3-10(21-11)13(19)20-6-12(18)17-9-2-1-7(16)5-8(9)15/h1-5H,6H2,(H,17,18). The molecule has 0 radical (unpaired) electrons. The number of rotatable bonds is 4. The highest BCUT2D eigenvalue weighted by Crippen LogP contribution is 2.23. The first-order valence-electron chi connectivity index (χ1n) is 5.63. The lowest BCUT2D eigenvalue weighted by Crippen LogP contribution is -2.20. The molecule has 0 unspecified atom stereocenters. The number of nitrogens with one attached hydrogen (secondary N) is 1. The fraction of sp³-hybridized carbons (Fsp3) is 0.0769. The number of anilines is 1. The topological polar surface area (TPSA) is 55.4 Å². The van der Waals surface area contributed by atoms with E-state index in [1.807, 2.05) is 0 Å². The van der Waals surface area contributed by atoms with Gasteiger partial charge in [-0.15, -0.1) is 11.3 Å². The van der Waals surface area contributed by atoms with E-state index in [1.54, 1.807) is 12.1 Å². The summed E-state index contributed by atoms with van der Waals surface area (Å²) in [5.41, 5.74) is 0.248. The summed E-state index contributed by atoms with van der Waals surface area (Å²) in [6.45, 7) is -0.456. The number of carbonyl (C=O) groups excluding carboxylic acids is 2. The van der Waals surface area contributed by atoms with Gasteiger partial charge in [-0.05, 0) is 46.3 Å².